The molecule has 2 aliphatic rings. The number of hydrogen-bond acceptors (Lipinski definition) is 2. The summed E-state index contributed by atoms with van der Waals surface area (Å²) < 4.78 is 0. The lowest BCUT2D eigenvalue weighted by Crippen LogP contribution is -2.30. The highest BCUT2D eigenvalue weighted by molar-refractivity contribution is 6.28. The van der Waals surface area contributed by atoms with E-state index in [1.807, 2.05) is 0 Å². The molecule has 0 unspecified atom stereocenters. The van der Waals surface area contributed by atoms with E-state index >= 15 is 0 Å². The van der Waals surface area contributed by atoms with Crippen LogP contribution in [0.4, 0.5) is 0 Å². The Morgan fingerprint density at radius 3 is 0.712 bits per heavy atom. The normalized spacial score (nSPS) is 12.7. The second-order valence-electron chi connectivity index (χ2n) is 16.5. The van der Waals surface area contributed by atoms with Crippen molar-refractivity contribution < 1.29 is 9.59 Å². The quantitative estimate of drug-likeness (QED) is 0.156. The molecular formula is C64H46O2. The van der Waals surface area contributed by atoms with Crippen molar-refractivity contribution in [1.29, 1.82) is 0 Å². The molecule has 0 amide bonds. The van der Waals surface area contributed by atoms with Crippen molar-refractivity contribution >= 4 is 11.6 Å². The van der Waals surface area contributed by atoms with Gasteiger partial charge in [-0.3, -0.25) is 9.59 Å². The summed E-state index contributed by atoms with van der Waals surface area (Å²) in [6.45, 7) is 0. The van der Waals surface area contributed by atoms with Crippen LogP contribution in [0.15, 0.2) is 279 Å². The molecule has 2 aliphatic carbocycles. The monoisotopic (exact) mass is 846 g/mol. The molecule has 0 radical (unpaired) electrons. The van der Waals surface area contributed by atoms with Crippen LogP contribution in [0.2, 0.25) is 0 Å². The van der Waals surface area contributed by atoms with E-state index in [-0.39, 0.29) is 22.4 Å². The summed E-state index contributed by atoms with van der Waals surface area (Å²) in [4.78, 5) is 24.2. The molecule has 0 atom stereocenters. The van der Waals surface area contributed by atoms with Gasteiger partial charge in [-0.1, -0.05) is 279 Å². The predicted octanol–water partition coefficient (Wildman–Crippen LogP) is 14.6. The number of rotatable bonds is 6. The fourth-order valence-electron chi connectivity index (χ4n) is 10.2. The molecule has 0 saturated carbocycles. The largest absolute Gasteiger partial charge is 0.289 e. The molecule has 12 rings (SSSR count). The van der Waals surface area contributed by atoms with Crippen LogP contribution in [0, 0.1) is 0 Å². The average molecular weight is 847 g/mol. The van der Waals surface area contributed by atoms with Gasteiger partial charge in [-0.15, -0.1) is 0 Å². The van der Waals surface area contributed by atoms with Crippen LogP contribution in [0.1, 0.15) is 76.4 Å². The van der Waals surface area contributed by atoms with Crippen molar-refractivity contribution in [2.75, 3.05) is 0 Å². The van der Waals surface area contributed by atoms with Crippen LogP contribution >= 0.6 is 0 Å². The molecular weight excluding hydrogens is 801 g/mol. The lowest BCUT2D eigenvalue weighted by Gasteiger charge is -2.36. The molecule has 0 heterocycles. The fraction of sp³-hybridized carbons (Fsp3) is 0.0312. The van der Waals surface area contributed by atoms with Gasteiger partial charge in [0.05, 0.1) is 10.8 Å². The number of benzene rings is 10. The standard InChI is InChI=1S/C25H18.C25H20.C14H8O2/c1-3-11-19(12-4-1)25(20-13-5-2-6-14-20)23-17-9-7-15-21(23)22-16-8-10-18-24(22)25;1-5-13-21(14-6-1)25(22-15-7-2-8-16-22,23-17-9-3-10-18-23)24-19-11-4-12-20-24;15-13-9-5-1-2-6-10(9)14(16)12-8-4-3-7-11(12)13/h1-18H;1-20H;1-8H. The Morgan fingerprint density at radius 2 is 0.439 bits per heavy atom. The molecule has 2 nitrogen and oxygen atoms in total. The minimum Gasteiger partial charge on any atom is -0.289 e. The summed E-state index contributed by atoms with van der Waals surface area (Å²) >= 11 is 0. The smallest absolute Gasteiger partial charge is 0.194 e. The minimum atomic E-state index is -0.328. The maximum Gasteiger partial charge on any atom is 0.194 e. The predicted molar refractivity (Wildman–Crippen MR) is 268 cm³/mol. The Hall–Kier alpha value is -8.46. The van der Waals surface area contributed by atoms with Crippen molar-refractivity contribution in [1.82, 2.24) is 0 Å². The van der Waals surface area contributed by atoms with Gasteiger partial charge in [0.25, 0.3) is 0 Å². The zero-order valence-corrected chi connectivity index (χ0v) is 36.4. The molecule has 10 aromatic carbocycles. The van der Waals surface area contributed by atoms with E-state index in [0.29, 0.717) is 22.3 Å². The number of carbonyl (C=O) groups is 2. The van der Waals surface area contributed by atoms with E-state index in [2.05, 4.69) is 231 Å². The second-order valence-corrected chi connectivity index (χ2v) is 16.5. The third-order valence-corrected chi connectivity index (χ3v) is 13.0. The van der Waals surface area contributed by atoms with Gasteiger partial charge in [0.2, 0.25) is 0 Å². The maximum atomic E-state index is 12.1. The topological polar surface area (TPSA) is 34.1 Å². The van der Waals surface area contributed by atoms with E-state index in [0.717, 1.165) is 0 Å². The van der Waals surface area contributed by atoms with Gasteiger partial charge in [-0.05, 0) is 55.6 Å². The van der Waals surface area contributed by atoms with Crippen LogP contribution in [0.3, 0.4) is 0 Å². The molecule has 0 bridgehead atoms. The highest BCUT2D eigenvalue weighted by Crippen LogP contribution is 2.55. The lowest BCUT2D eigenvalue weighted by molar-refractivity contribution is 0.0979. The van der Waals surface area contributed by atoms with Crippen molar-refractivity contribution in [3.63, 3.8) is 0 Å². The summed E-state index contributed by atoms with van der Waals surface area (Å²) in [6.07, 6.45) is 0. The average Bonchev–Trinajstić information content (AvgIpc) is 3.71. The Bertz CT molecular complexity index is 2790. The van der Waals surface area contributed by atoms with E-state index in [9.17, 15) is 9.59 Å². The first-order valence-electron chi connectivity index (χ1n) is 22.4. The summed E-state index contributed by atoms with van der Waals surface area (Å²) in [5, 5.41) is 0. The van der Waals surface area contributed by atoms with Gasteiger partial charge in [-0.25, -0.2) is 0 Å². The first-order chi connectivity index (χ1) is 32.6. The van der Waals surface area contributed by atoms with Gasteiger partial charge >= 0.3 is 0 Å². The zero-order chi connectivity index (χ0) is 44.8. The first kappa shape index (κ1) is 41.5. The van der Waals surface area contributed by atoms with Crippen molar-refractivity contribution in [3.05, 3.63) is 346 Å². The van der Waals surface area contributed by atoms with E-state index < -0.39 is 0 Å². The summed E-state index contributed by atoms with van der Waals surface area (Å²) in [7, 11) is 0. The van der Waals surface area contributed by atoms with Crippen LogP contribution in [-0.4, -0.2) is 11.6 Å². The number of carbonyl (C=O) groups excluding carboxylic acids is 2. The molecule has 2 heteroatoms. The summed E-state index contributed by atoms with van der Waals surface area (Å²) in [5.74, 6) is -0.128. The molecule has 0 aliphatic heterocycles. The van der Waals surface area contributed by atoms with Gasteiger partial charge in [-0.2, -0.15) is 0 Å². The highest BCUT2D eigenvalue weighted by atomic mass is 16.1. The first-order valence-corrected chi connectivity index (χ1v) is 22.4. The molecule has 66 heavy (non-hydrogen) atoms. The minimum absolute atomic E-state index is 0.0641. The van der Waals surface area contributed by atoms with E-state index in [4.69, 9.17) is 0 Å². The van der Waals surface area contributed by atoms with Crippen LogP contribution in [-0.2, 0) is 10.8 Å². The zero-order valence-electron chi connectivity index (χ0n) is 36.4. The molecule has 10 aromatic rings. The number of ketones is 2. The molecule has 0 spiro atoms. The second kappa shape index (κ2) is 18.3. The summed E-state index contributed by atoms with van der Waals surface area (Å²) in [5.41, 5.74) is 14.6. The van der Waals surface area contributed by atoms with Crippen LogP contribution < -0.4 is 0 Å². The SMILES string of the molecule is O=C1c2ccccc2C(=O)c2ccccc21.c1ccc(C(c2ccccc2)(c2ccccc2)c2ccccc2)cc1.c1ccc(C2(c3ccccc3)c3ccccc3-c3ccccc32)cc1. The summed E-state index contributed by atoms with van der Waals surface area (Å²) in [6, 6.07) is 96.5. The van der Waals surface area contributed by atoms with Crippen molar-refractivity contribution in [2.45, 2.75) is 10.8 Å². The highest BCUT2D eigenvalue weighted by Gasteiger charge is 2.45. The van der Waals surface area contributed by atoms with E-state index in [1.54, 1.807) is 48.5 Å². The Morgan fingerprint density at radius 1 is 0.227 bits per heavy atom. The fourth-order valence-corrected chi connectivity index (χ4v) is 10.2. The molecule has 0 aromatic heterocycles. The van der Waals surface area contributed by atoms with Crippen LogP contribution in [0.5, 0.6) is 0 Å². The van der Waals surface area contributed by atoms with Gasteiger partial charge < -0.3 is 0 Å². The van der Waals surface area contributed by atoms with Crippen LogP contribution in [0.25, 0.3) is 11.1 Å². The molecule has 0 saturated heterocycles. The molecule has 0 fully saturated rings. The maximum absolute atomic E-state index is 12.1. The number of fused-ring (bicyclic) bond motifs is 5. The van der Waals surface area contributed by atoms with Gasteiger partial charge in [0.15, 0.2) is 11.6 Å². The van der Waals surface area contributed by atoms with Gasteiger partial charge in [0.1, 0.15) is 0 Å². The van der Waals surface area contributed by atoms with Gasteiger partial charge in [0, 0.05) is 22.3 Å². The van der Waals surface area contributed by atoms with Crippen molar-refractivity contribution in [3.8, 4) is 11.1 Å². The third-order valence-electron chi connectivity index (χ3n) is 13.0. The Balaban J connectivity index is 0.000000119. The Kier molecular flexibility index (Phi) is 11.5. The van der Waals surface area contributed by atoms with E-state index in [1.165, 1.54) is 55.6 Å². The molecule has 314 valence electrons. The third kappa shape index (κ3) is 7.19. The molecule has 0 N–H and O–H groups in total. The lowest BCUT2D eigenvalue weighted by atomic mass is 9.65. The van der Waals surface area contributed by atoms with Crippen molar-refractivity contribution in [2.24, 2.45) is 0 Å². The Labute approximate surface area is 387 Å². The number of hydrogen-bond donors (Lipinski definition) is 0.